The van der Waals surface area contributed by atoms with E-state index in [0.29, 0.717) is 29.4 Å². The molecule has 1 aliphatic heterocycles. The van der Waals surface area contributed by atoms with Crippen molar-refractivity contribution in [1.82, 2.24) is 14.7 Å². The Balaban J connectivity index is 0.00000180. The zero-order valence-electron chi connectivity index (χ0n) is 20.7. The van der Waals surface area contributed by atoms with Gasteiger partial charge in [0.2, 0.25) is 0 Å². The number of ether oxygens (including phenoxy) is 1. The van der Waals surface area contributed by atoms with Gasteiger partial charge in [-0.25, -0.2) is 9.07 Å². The zero-order chi connectivity index (χ0) is 23.7. The summed E-state index contributed by atoms with van der Waals surface area (Å²) in [5, 5.41) is 4.70. The molecule has 5 rings (SSSR count). The summed E-state index contributed by atoms with van der Waals surface area (Å²) < 4.78 is 21.2. The van der Waals surface area contributed by atoms with Gasteiger partial charge < -0.3 is 9.64 Å². The molecule has 1 saturated heterocycles. The molecule has 1 aliphatic carbocycles. The first-order valence-electron chi connectivity index (χ1n) is 12.0. The maximum Gasteiger partial charge on any atom is 0.290 e. The molecule has 0 spiro atoms. The number of methoxy groups -OCH3 is 1. The topological polar surface area (TPSA) is 50.6 Å². The molecule has 2 fully saturated rings. The molecule has 6 nitrogen and oxygen atoms in total. The Labute approximate surface area is 223 Å². The van der Waals surface area contributed by atoms with Crippen molar-refractivity contribution in [2.45, 2.75) is 32.9 Å². The van der Waals surface area contributed by atoms with Gasteiger partial charge in [0.15, 0.2) is 11.6 Å². The fourth-order valence-corrected chi connectivity index (χ4v) is 4.74. The minimum absolute atomic E-state index is 0. The quantitative estimate of drug-likeness (QED) is 0.429. The maximum atomic E-state index is 14.5. The van der Waals surface area contributed by atoms with Crippen molar-refractivity contribution < 1.29 is 9.13 Å². The molecule has 0 amide bonds. The Kier molecular flexibility index (Phi) is 9.39. The Bertz CT molecular complexity index is 1230. The fraction of sp³-hybridized carbons (Fsp3) is 0.407. The Morgan fingerprint density at radius 2 is 1.72 bits per heavy atom. The Morgan fingerprint density at radius 3 is 2.33 bits per heavy atom. The lowest BCUT2D eigenvalue weighted by molar-refractivity contribution is 0.249. The molecule has 9 heteroatoms. The summed E-state index contributed by atoms with van der Waals surface area (Å²) >= 11 is 0. The van der Waals surface area contributed by atoms with E-state index in [-0.39, 0.29) is 36.1 Å². The van der Waals surface area contributed by atoms with E-state index in [0.717, 1.165) is 51.1 Å². The first-order valence-corrected chi connectivity index (χ1v) is 12.0. The van der Waals surface area contributed by atoms with E-state index in [4.69, 9.17) is 9.84 Å². The predicted molar refractivity (Wildman–Crippen MR) is 146 cm³/mol. The van der Waals surface area contributed by atoms with Crippen LogP contribution in [0.3, 0.4) is 0 Å². The van der Waals surface area contributed by atoms with E-state index in [1.807, 2.05) is 19.1 Å². The van der Waals surface area contributed by atoms with Crippen LogP contribution in [0.2, 0.25) is 0 Å². The van der Waals surface area contributed by atoms with E-state index < -0.39 is 5.82 Å². The first-order chi connectivity index (χ1) is 16.5. The average Bonchev–Trinajstić information content (AvgIpc) is 3.67. The highest BCUT2D eigenvalue weighted by Crippen LogP contribution is 2.33. The van der Waals surface area contributed by atoms with Crippen LogP contribution in [0.4, 0.5) is 10.1 Å². The van der Waals surface area contributed by atoms with E-state index in [2.05, 4.69) is 34.1 Å². The van der Waals surface area contributed by atoms with Gasteiger partial charge in [-0.15, -0.1) is 24.8 Å². The molecule has 3 aromatic rings. The summed E-state index contributed by atoms with van der Waals surface area (Å²) in [4.78, 5) is 18.1. The largest absolute Gasteiger partial charge is 0.494 e. The molecule has 0 atom stereocenters. The third-order valence-corrected chi connectivity index (χ3v) is 6.86. The smallest absolute Gasteiger partial charge is 0.290 e. The number of rotatable bonds is 7. The molecule has 194 valence electrons. The number of anilines is 1. The summed E-state index contributed by atoms with van der Waals surface area (Å²) in [6.07, 6.45) is 2.25. The summed E-state index contributed by atoms with van der Waals surface area (Å²) in [6, 6.07) is 15.3. The van der Waals surface area contributed by atoms with Crippen LogP contribution in [0, 0.1) is 18.7 Å². The summed E-state index contributed by atoms with van der Waals surface area (Å²) in [5.74, 6) is 0.267. The number of nitrogens with zero attached hydrogens (tertiary/aromatic N) is 4. The molecule has 1 saturated carbocycles. The Hall–Kier alpha value is -2.61. The van der Waals surface area contributed by atoms with Gasteiger partial charge in [0.25, 0.3) is 5.56 Å². The summed E-state index contributed by atoms with van der Waals surface area (Å²) in [5.41, 5.74) is 4.07. The van der Waals surface area contributed by atoms with E-state index >= 15 is 0 Å². The highest BCUT2D eigenvalue weighted by Gasteiger charge is 2.28. The normalized spacial score (nSPS) is 15.7. The molecular formula is C27H33Cl2FN4O2. The van der Waals surface area contributed by atoms with Gasteiger partial charge in [-0.05, 0) is 49.4 Å². The molecule has 0 radical (unpaired) electrons. The van der Waals surface area contributed by atoms with Gasteiger partial charge in [-0.2, -0.15) is 5.10 Å². The van der Waals surface area contributed by atoms with E-state index in [1.165, 1.54) is 18.7 Å². The minimum Gasteiger partial charge on any atom is -0.494 e. The monoisotopic (exact) mass is 534 g/mol. The van der Waals surface area contributed by atoms with Crippen molar-refractivity contribution in [3.63, 3.8) is 0 Å². The molecule has 1 aromatic heterocycles. The maximum absolute atomic E-state index is 14.5. The predicted octanol–water partition coefficient (Wildman–Crippen LogP) is 4.94. The molecule has 2 aromatic carbocycles. The van der Waals surface area contributed by atoms with Gasteiger partial charge >= 0.3 is 0 Å². The second kappa shape index (κ2) is 12.1. The van der Waals surface area contributed by atoms with Crippen LogP contribution in [0.5, 0.6) is 5.75 Å². The minimum atomic E-state index is -0.433. The summed E-state index contributed by atoms with van der Waals surface area (Å²) in [6.45, 7) is 6.76. The van der Waals surface area contributed by atoms with Crippen LogP contribution >= 0.6 is 24.8 Å². The van der Waals surface area contributed by atoms with Crippen LogP contribution in [0.25, 0.3) is 11.3 Å². The molecule has 0 N–H and O–H groups in total. The van der Waals surface area contributed by atoms with Gasteiger partial charge in [0.1, 0.15) is 5.69 Å². The van der Waals surface area contributed by atoms with Crippen LogP contribution in [0.15, 0.2) is 53.3 Å². The molecular weight excluding hydrogens is 502 g/mol. The van der Waals surface area contributed by atoms with Crippen molar-refractivity contribution in [2.75, 3.05) is 38.2 Å². The van der Waals surface area contributed by atoms with E-state index in [9.17, 15) is 9.18 Å². The molecule has 0 unspecified atom stereocenters. The number of piperazine rings is 1. The lowest BCUT2D eigenvalue weighted by Crippen LogP contribution is -2.48. The SMILES string of the molecule is COc1ccc(-c2nn(CC3CC3)c(=O)c(N3CCN(Cc4ccccc4)CC3)c2C)cc1F.Cl.Cl. The lowest BCUT2D eigenvalue weighted by Gasteiger charge is -2.36. The highest BCUT2D eigenvalue weighted by atomic mass is 35.5. The van der Waals surface area contributed by atoms with Crippen molar-refractivity contribution in [3.05, 3.63) is 75.8 Å². The van der Waals surface area contributed by atoms with Gasteiger partial charge in [-0.1, -0.05) is 30.3 Å². The third-order valence-electron chi connectivity index (χ3n) is 6.86. The molecule has 0 bridgehead atoms. The van der Waals surface area contributed by atoms with Crippen LogP contribution in [-0.2, 0) is 13.1 Å². The zero-order valence-corrected chi connectivity index (χ0v) is 22.3. The number of hydrogen-bond acceptors (Lipinski definition) is 5. The average molecular weight is 535 g/mol. The van der Waals surface area contributed by atoms with Crippen LogP contribution < -0.4 is 15.2 Å². The first kappa shape index (κ1) is 28.0. The number of aromatic nitrogens is 2. The molecule has 2 heterocycles. The van der Waals surface area contributed by atoms with Gasteiger partial charge in [0.05, 0.1) is 12.8 Å². The number of benzene rings is 2. The van der Waals surface area contributed by atoms with Crippen LogP contribution in [-0.4, -0.2) is 48.0 Å². The van der Waals surface area contributed by atoms with Crippen molar-refractivity contribution >= 4 is 30.5 Å². The van der Waals surface area contributed by atoms with E-state index in [1.54, 1.807) is 10.7 Å². The number of hydrogen-bond donors (Lipinski definition) is 0. The third kappa shape index (κ3) is 6.02. The molecule has 36 heavy (non-hydrogen) atoms. The van der Waals surface area contributed by atoms with Crippen molar-refractivity contribution in [2.24, 2.45) is 5.92 Å². The second-order valence-corrected chi connectivity index (χ2v) is 9.35. The fourth-order valence-electron chi connectivity index (χ4n) is 4.74. The lowest BCUT2D eigenvalue weighted by atomic mass is 10.0. The van der Waals surface area contributed by atoms with Crippen molar-refractivity contribution in [1.29, 1.82) is 0 Å². The number of halogens is 3. The standard InChI is InChI=1S/C27H31FN4O2.2ClH/c1-19-25(22-10-11-24(34-2)23(28)16-22)29-32(18-21-8-9-21)27(33)26(19)31-14-12-30(13-15-31)17-20-6-4-3-5-7-20;;/h3-7,10-11,16,21H,8-9,12-15,17-18H2,1-2H3;2*1H. The Morgan fingerprint density at radius 1 is 1.03 bits per heavy atom. The second-order valence-electron chi connectivity index (χ2n) is 9.35. The van der Waals surface area contributed by atoms with Crippen LogP contribution in [0.1, 0.15) is 24.0 Å². The van der Waals surface area contributed by atoms with Gasteiger partial charge in [0, 0.05) is 50.4 Å². The molecule has 2 aliphatic rings. The van der Waals surface area contributed by atoms with Crippen molar-refractivity contribution in [3.8, 4) is 17.0 Å². The summed E-state index contributed by atoms with van der Waals surface area (Å²) in [7, 11) is 1.45. The van der Waals surface area contributed by atoms with Gasteiger partial charge in [-0.3, -0.25) is 9.69 Å². The highest BCUT2D eigenvalue weighted by molar-refractivity contribution is 5.85.